The minimum atomic E-state index is -4.54. The molecule has 198 valence electrons. The fourth-order valence-corrected chi connectivity index (χ4v) is 4.89. The summed E-state index contributed by atoms with van der Waals surface area (Å²) >= 11 is 0. The van der Waals surface area contributed by atoms with E-state index >= 15 is 0 Å². The van der Waals surface area contributed by atoms with E-state index in [1.807, 2.05) is 30.3 Å². The number of carbonyl (C=O) groups excluding carboxylic acids is 3. The highest BCUT2D eigenvalue weighted by Crippen LogP contribution is 2.29. The van der Waals surface area contributed by atoms with E-state index in [0.29, 0.717) is 13.1 Å². The van der Waals surface area contributed by atoms with Crippen molar-refractivity contribution in [3.05, 3.63) is 71.3 Å². The Balaban J connectivity index is 1.17. The number of alkyl halides is 3. The molecule has 1 unspecified atom stereocenters. The van der Waals surface area contributed by atoms with Crippen molar-refractivity contribution in [1.29, 1.82) is 0 Å². The quantitative estimate of drug-likeness (QED) is 0.570. The Labute approximate surface area is 213 Å². The standard InChI is InChI=1S/C27H30F3N3O4/c28-27(29,30)22-8-4-7-21(14-22)25(35)31-15-24(34)13-20-9-11-32(16-20)23-10-12-33(17-23)26(36)37-18-19-5-2-1-3-6-19/h1-8,14,20,23H,9-13,15-18H2,(H,31,35)/t20-,23?/m0/s1. The molecule has 2 fully saturated rings. The van der Waals surface area contributed by atoms with Crippen LogP contribution in [0.2, 0.25) is 0 Å². The number of amides is 2. The molecule has 4 rings (SSSR count). The molecular formula is C27H30F3N3O4. The lowest BCUT2D eigenvalue weighted by atomic mass is 10.0. The van der Waals surface area contributed by atoms with Gasteiger partial charge in [0.05, 0.1) is 12.1 Å². The van der Waals surface area contributed by atoms with Gasteiger partial charge in [-0.05, 0) is 49.1 Å². The fraction of sp³-hybridized carbons (Fsp3) is 0.444. The van der Waals surface area contributed by atoms with Gasteiger partial charge in [0.25, 0.3) is 5.91 Å². The largest absolute Gasteiger partial charge is 0.445 e. The number of nitrogens with one attached hydrogen (secondary N) is 1. The van der Waals surface area contributed by atoms with E-state index < -0.39 is 17.6 Å². The first-order valence-electron chi connectivity index (χ1n) is 12.4. The number of hydrogen-bond donors (Lipinski definition) is 1. The van der Waals surface area contributed by atoms with Crippen LogP contribution in [-0.2, 0) is 22.3 Å². The minimum Gasteiger partial charge on any atom is -0.445 e. The molecule has 0 spiro atoms. The maximum absolute atomic E-state index is 12.9. The number of ether oxygens (including phenoxy) is 1. The molecule has 2 aromatic carbocycles. The zero-order valence-electron chi connectivity index (χ0n) is 20.4. The van der Waals surface area contributed by atoms with Crippen molar-refractivity contribution in [3.8, 4) is 0 Å². The average Bonchev–Trinajstić information content (AvgIpc) is 3.56. The predicted octanol–water partition coefficient (Wildman–Crippen LogP) is 4.13. The molecule has 0 saturated carbocycles. The van der Waals surface area contributed by atoms with Crippen LogP contribution in [0.1, 0.15) is 40.7 Å². The number of rotatable bonds is 8. The van der Waals surface area contributed by atoms with Crippen molar-refractivity contribution in [2.24, 2.45) is 5.92 Å². The zero-order chi connectivity index (χ0) is 26.4. The molecule has 0 bridgehead atoms. The Hall–Kier alpha value is -3.40. The summed E-state index contributed by atoms with van der Waals surface area (Å²) in [7, 11) is 0. The van der Waals surface area contributed by atoms with E-state index in [1.165, 1.54) is 12.1 Å². The van der Waals surface area contributed by atoms with Crippen molar-refractivity contribution in [3.63, 3.8) is 0 Å². The van der Waals surface area contributed by atoms with E-state index in [2.05, 4.69) is 10.2 Å². The average molecular weight is 518 g/mol. The number of benzene rings is 2. The Morgan fingerprint density at radius 2 is 1.76 bits per heavy atom. The molecule has 2 aliphatic rings. The third kappa shape index (κ3) is 7.31. The van der Waals surface area contributed by atoms with Crippen molar-refractivity contribution in [2.75, 3.05) is 32.7 Å². The molecule has 2 atom stereocenters. The summed E-state index contributed by atoms with van der Waals surface area (Å²) in [6, 6.07) is 13.8. The Morgan fingerprint density at radius 1 is 0.973 bits per heavy atom. The van der Waals surface area contributed by atoms with Crippen LogP contribution in [0.5, 0.6) is 0 Å². The molecule has 2 aromatic rings. The van der Waals surface area contributed by atoms with Crippen LogP contribution >= 0.6 is 0 Å². The van der Waals surface area contributed by atoms with Gasteiger partial charge in [-0.25, -0.2) is 4.79 Å². The van der Waals surface area contributed by atoms with Gasteiger partial charge in [-0.1, -0.05) is 36.4 Å². The molecule has 2 aliphatic heterocycles. The summed E-state index contributed by atoms with van der Waals surface area (Å²) in [6.45, 7) is 2.77. The molecule has 2 saturated heterocycles. The van der Waals surface area contributed by atoms with Gasteiger partial charge in [-0.15, -0.1) is 0 Å². The van der Waals surface area contributed by atoms with Crippen molar-refractivity contribution in [1.82, 2.24) is 15.1 Å². The smallest absolute Gasteiger partial charge is 0.416 e. The Morgan fingerprint density at radius 3 is 2.51 bits per heavy atom. The minimum absolute atomic E-state index is 0.136. The van der Waals surface area contributed by atoms with E-state index in [9.17, 15) is 27.6 Å². The summed E-state index contributed by atoms with van der Waals surface area (Å²) in [4.78, 5) is 41.1. The van der Waals surface area contributed by atoms with Crippen molar-refractivity contribution in [2.45, 2.75) is 38.1 Å². The summed E-state index contributed by atoms with van der Waals surface area (Å²) < 4.78 is 44.0. The second kappa shape index (κ2) is 11.8. The van der Waals surface area contributed by atoms with E-state index in [-0.39, 0.29) is 49.0 Å². The summed E-state index contributed by atoms with van der Waals surface area (Å²) in [5, 5.41) is 2.43. The Kier molecular flexibility index (Phi) is 8.48. The van der Waals surface area contributed by atoms with Crippen molar-refractivity contribution < 1.29 is 32.3 Å². The normalized spacial score (nSPS) is 20.1. The lowest BCUT2D eigenvalue weighted by Gasteiger charge is -2.24. The highest BCUT2D eigenvalue weighted by atomic mass is 19.4. The molecule has 7 nitrogen and oxygen atoms in total. The number of ketones is 1. The predicted molar refractivity (Wildman–Crippen MR) is 130 cm³/mol. The van der Waals surface area contributed by atoms with Crippen LogP contribution in [0.3, 0.4) is 0 Å². The maximum atomic E-state index is 12.9. The summed E-state index contributed by atoms with van der Waals surface area (Å²) in [5.74, 6) is -0.737. The third-order valence-electron chi connectivity index (χ3n) is 6.87. The van der Waals surface area contributed by atoms with E-state index in [1.54, 1.807) is 4.90 Å². The molecule has 10 heteroatoms. The number of hydrogen-bond acceptors (Lipinski definition) is 5. The maximum Gasteiger partial charge on any atom is 0.416 e. The van der Waals surface area contributed by atoms with Gasteiger partial charge >= 0.3 is 12.3 Å². The highest BCUT2D eigenvalue weighted by Gasteiger charge is 2.35. The third-order valence-corrected chi connectivity index (χ3v) is 6.87. The number of halogens is 3. The second-order valence-corrected chi connectivity index (χ2v) is 9.58. The summed E-state index contributed by atoms with van der Waals surface area (Å²) in [6.07, 6.45) is -2.90. The lowest BCUT2D eigenvalue weighted by molar-refractivity contribution is -0.137. The van der Waals surface area contributed by atoms with Crippen LogP contribution < -0.4 is 5.32 Å². The van der Waals surface area contributed by atoms with Gasteiger partial charge in [0.1, 0.15) is 6.61 Å². The molecular weight excluding hydrogens is 487 g/mol. The monoisotopic (exact) mass is 517 g/mol. The van der Waals surface area contributed by atoms with Crippen LogP contribution in [0.15, 0.2) is 54.6 Å². The van der Waals surface area contributed by atoms with Crippen LogP contribution in [-0.4, -0.2) is 66.3 Å². The SMILES string of the molecule is O=C(CNC(=O)c1cccc(C(F)(F)F)c1)C[C@@H]1CCN(C2CCN(C(=O)OCc3ccccc3)C2)C1. The van der Waals surface area contributed by atoms with Gasteiger partial charge < -0.3 is 15.0 Å². The first-order chi connectivity index (χ1) is 17.7. The topological polar surface area (TPSA) is 79.0 Å². The van der Waals surface area contributed by atoms with Crippen molar-refractivity contribution >= 4 is 17.8 Å². The van der Waals surface area contributed by atoms with Crippen LogP contribution in [0, 0.1) is 5.92 Å². The van der Waals surface area contributed by atoms with E-state index in [4.69, 9.17) is 4.74 Å². The van der Waals surface area contributed by atoms with Gasteiger partial charge in [0.2, 0.25) is 0 Å². The molecule has 1 N–H and O–H groups in total. The van der Waals surface area contributed by atoms with Crippen LogP contribution in [0.25, 0.3) is 0 Å². The number of Topliss-reactive ketones (excluding diaryl/α,β-unsaturated/α-hetero) is 1. The molecule has 2 amide bonds. The van der Waals surface area contributed by atoms with Gasteiger partial charge in [0.15, 0.2) is 5.78 Å². The zero-order valence-corrected chi connectivity index (χ0v) is 20.4. The lowest BCUT2D eigenvalue weighted by Crippen LogP contribution is -2.38. The van der Waals surface area contributed by atoms with Crippen LogP contribution in [0.4, 0.5) is 18.0 Å². The van der Waals surface area contributed by atoms with E-state index in [0.717, 1.165) is 43.6 Å². The molecule has 0 radical (unpaired) electrons. The van der Waals surface area contributed by atoms with Gasteiger partial charge in [-0.3, -0.25) is 14.5 Å². The highest BCUT2D eigenvalue weighted by molar-refractivity contribution is 5.96. The first-order valence-corrected chi connectivity index (χ1v) is 12.4. The fourth-order valence-electron chi connectivity index (χ4n) is 4.89. The summed E-state index contributed by atoms with van der Waals surface area (Å²) in [5.41, 5.74) is -0.111. The van der Waals surface area contributed by atoms with Gasteiger partial charge in [0, 0.05) is 37.7 Å². The molecule has 2 heterocycles. The molecule has 0 aromatic heterocycles. The second-order valence-electron chi connectivity index (χ2n) is 9.58. The van der Waals surface area contributed by atoms with Gasteiger partial charge in [-0.2, -0.15) is 13.2 Å². The molecule has 37 heavy (non-hydrogen) atoms. The Bertz CT molecular complexity index is 1110. The first kappa shape index (κ1) is 26.7. The number of nitrogens with zero attached hydrogens (tertiary/aromatic N) is 2. The molecule has 0 aliphatic carbocycles. The number of carbonyl (C=O) groups is 3. The number of likely N-dealkylation sites (tertiary alicyclic amines) is 2.